The Labute approximate surface area is 223 Å². The maximum absolute atomic E-state index is 11.7. The van der Waals surface area contributed by atoms with E-state index in [1.807, 2.05) is 27.7 Å². The monoisotopic (exact) mass is 508 g/mol. The molecule has 36 heavy (non-hydrogen) atoms. The van der Waals surface area contributed by atoms with Gasteiger partial charge in [0.25, 0.3) is 0 Å². The van der Waals surface area contributed by atoms with Crippen molar-refractivity contribution in [2.24, 2.45) is 34.1 Å². The molecule has 2 heterocycles. The summed E-state index contributed by atoms with van der Waals surface area (Å²) in [4.78, 5) is 28.4. The number of hydrogen-bond acceptors (Lipinski definition) is 4. The highest BCUT2D eigenvalue weighted by atomic mass is 16.1. The van der Waals surface area contributed by atoms with Gasteiger partial charge in [-0.15, -0.1) is 0 Å². The number of unbranched alkanes of at least 4 members (excludes halogenated alkanes) is 8. The van der Waals surface area contributed by atoms with Gasteiger partial charge < -0.3 is 21.3 Å². The van der Waals surface area contributed by atoms with Crippen molar-refractivity contribution in [1.29, 1.82) is 0 Å². The number of primary amides is 2. The molecule has 2 saturated heterocycles. The third-order valence-electron chi connectivity index (χ3n) is 8.80. The van der Waals surface area contributed by atoms with Gasteiger partial charge in [0.15, 0.2) is 0 Å². The predicted octanol–water partition coefficient (Wildman–Crippen LogP) is 5.58. The maximum Gasteiger partial charge on any atom is 0.223 e. The third kappa shape index (κ3) is 11.1. The molecule has 0 radical (unpaired) electrons. The second-order valence-electron chi connectivity index (χ2n) is 12.6. The highest BCUT2D eigenvalue weighted by Gasteiger charge is 2.39. The molecular weight excluding hydrogens is 448 g/mol. The molecule has 0 saturated carbocycles. The first kappa shape index (κ1) is 32.9. The van der Waals surface area contributed by atoms with Gasteiger partial charge >= 0.3 is 0 Å². The number of amides is 2. The fraction of sp³-hybridized carbons (Fsp3) is 0.933. The standard InChI is InChI=1S/C27H52N4O2.C3H8/c1-26(2,24(28)32)22-14-18-30(20-22)16-12-10-8-6-5-7-9-11-13-17-31-19-15-23(21-31)27(3,4)25(29)33;1-3-2/h22-23H,5-21H2,1-4H3,(H2,28,32)(H2,29,33);3H2,1-2H3. The van der Waals surface area contributed by atoms with Crippen LogP contribution in [0.25, 0.3) is 0 Å². The minimum absolute atomic E-state index is 0.164. The van der Waals surface area contributed by atoms with Crippen LogP contribution in [-0.4, -0.2) is 60.9 Å². The summed E-state index contributed by atoms with van der Waals surface area (Å²) in [6.07, 6.45) is 15.4. The van der Waals surface area contributed by atoms with E-state index in [2.05, 4.69) is 23.6 Å². The van der Waals surface area contributed by atoms with Crippen LogP contribution in [0.15, 0.2) is 0 Å². The number of rotatable bonds is 16. The third-order valence-corrected chi connectivity index (χ3v) is 8.80. The van der Waals surface area contributed by atoms with Crippen LogP contribution in [0.2, 0.25) is 0 Å². The minimum Gasteiger partial charge on any atom is -0.369 e. The number of hydrogen-bond donors (Lipinski definition) is 2. The van der Waals surface area contributed by atoms with Crippen molar-refractivity contribution in [3.05, 3.63) is 0 Å². The Morgan fingerprint density at radius 2 is 0.917 bits per heavy atom. The molecule has 0 spiro atoms. The Hall–Kier alpha value is -1.14. The maximum atomic E-state index is 11.7. The molecule has 4 N–H and O–H groups in total. The van der Waals surface area contributed by atoms with Crippen molar-refractivity contribution in [3.63, 3.8) is 0 Å². The first-order valence-corrected chi connectivity index (χ1v) is 15.0. The number of likely N-dealkylation sites (tertiary alicyclic amines) is 2. The topological polar surface area (TPSA) is 92.7 Å². The van der Waals surface area contributed by atoms with Gasteiger partial charge in [-0.05, 0) is 63.7 Å². The minimum atomic E-state index is -0.381. The van der Waals surface area contributed by atoms with E-state index in [4.69, 9.17) is 11.5 Å². The van der Waals surface area contributed by atoms with Gasteiger partial charge in [-0.25, -0.2) is 0 Å². The van der Waals surface area contributed by atoms with Crippen LogP contribution in [0.1, 0.15) is 119 Å². The second kappa shape index (κ2) is 16.7. The summed E-state index contributed by atoms with van der Waals surface area (Å²) in [5, 5.41) is 0. The molecule has 2 aliphatic rings. The van der Waals surface area contributed by atoms with Crippen molar-refractivity contribution in [3.8, 4) is 0 Å². The first-order valence-electron chi connectivity index (χ1n) is 15.0. The summed E-state index contributed by atoms with van der Waals surface area (Å²) in [5.41, 5.74) is 10.4. The zero-order valence-corrected chi connectivity index (χ0v) is 24.7. The van der Waals surface area contributed by atoms with Crippen molar-refractivity contribution in [2.45, 2.75) is 119 Å². The molecule has 2 aliphatic heterocycles. The molecule has 2 unspecified atom stereocenters. The lowest BCUT2D eigenvalue weighted by Crippen LogP contribution is -2.39. The lowest BCUT2D eigenvalue weighted by molar-refractivity contribution is -0.129. The van der Waals surface area contributed by atoms with Gasteiger partial charge in [-0.3, -0.25) is 9.59 Å². The van der Waals surface area contributed by atoms with Gasteiger partial charge in [0.1, 0.15) is 0 Å². The van der Waals surface area contributed by atoms with E-state index in [-0.39, 0.29) is 22.6 Å². The van der Waals surface area contributed by atoms with E-state index in [1.54, 1.807) is 0 Å². The van der Waals surface area contributed by atoms with Crippen LogP contribution >= 0.6 is 0 Å². The smallest absolute Gasteiger partial charge is 0.223 e. The van der Waals surface area contributed by atoms with Gasteiger partial charge in [-0.1, -0.05) is 92.9 Å². The summed E-state index contributed by atoms with van der Waals surface area (Å²) in [7, 11) is 0. The Kier molecular flexibility index (Phi) is 15.2. The lowest BCUT2D eigenvalue weighted by atomic mass is 9.78. The van der Waals surface area contributed by atoms with Crippen molar-refractivity contribution in [2.75, 3.05) is 39.3 Å². The normalized spacial score (nSPS) is 21.4. The average molecular weight is 509 g/mol. The summed E-state index contributed by atoms with van der Waals surface area (Å²) < 4.78 is 0. The Balaban J connectivity index is 0.00000205. The van der Waals surface area contributed by atoms with Crippen molar-refractivity contribution >= 4 is 11.8 Å². The van der Waals surface area contributed by atoms with Crippen molar-refractivity contribution in [1.82, 2.24) is 9.80 Å². The number of nitrogens with two attached hydrogens (primary N) is 2. The first-order chi connectivity index (χ1) is 17.0. The fourth-order valence-electron chi connectivity index (χ4n) is 5.56. The molecule has 0 bridgehead atoms. The van der Waals surface area contributed by atoms with E-state index in [0.29, 0.717) is 11.8 Å². The molecule has 2 amide bonds. The molecule has 0 aromatic carbocycles. The lowest BCUT2D eigenvalue weighted by Gasteiger charge is -2.28. The summed E-state index contributed by atoms with van der Waals surface area (Å²) >= 11 is 0. The number of nitrogens with zero attached hydrogens (tertiary/aromatic N) is 2. The van der Waals surface area contributed by atoms with Gasteiger partial charge in [-0.2, -0.15) is 0 Å². The van der Waals surface area contributed by atoms with Crippen LogP contribution in [0.3, 0.4) is 0 Å². The molecule has 212 valence electrons. The van der Waals surface area contributed by atoms with Crippen LogP contribution in [0.4, 0.5) is 0 Å². The van der Waals surface area contributed by atoms with Crippen LogP contribution in [0.5, 0.6) is 0 Å². The van der Waals surface area contributed by atoms with Crippen LogP contribution in [-0.2, 0) is 9.59 Å². The number of carbonyl (C=O) groups excluding carboxylic acids is 2. The highest BCUT2D eigenvalue weighted by Crippen LogP contribution is 2.35. The zero-order valence-electron chi connectivity index (χ0n) is 24.7. The molecule has 0 aromatic rings. The Bertz CT molecular complexity index is 582. The molecule has 0 aliphatic carbocycles. The van der Waals surface area contributed by atoms with Crippen LogP contribution in [0, 0.1) is 22.7 Å². The molecular formula is C30H60N4O2. The average Bonchev–Trinajstić information content (AvgIpc) is 3.48. The van der Waals surface area contributed by atoms with Gasteiger partial charge in [0.05, 0.1) is 0 Å². The molecule has 2 rings (SSSR count). The van der Waals surface area contributed by atoms with Gasteiger partial charge in [0, 0.05) is 23.9 Å². The highest BCUT2D eigenvalue weighted by molar-refractivity contribution is 5.80. The van der Waals surface area contributed by atoms with E-state index in [9.17, 15) is 9.59 Å². The fourth-order valence-corrected chi connectivity index (χ4v) is 5.56. The second-order valence-corrected chi connectivity index (χ2v) is 12.6. The predicted molar refractivity (Wildman–Crippen MR) is 153 cm³/mol. The molecule has 2 atom stereocenters. The molecule has 6 nitrogen and oxygen atoms in total. The van der Waals surface area contributed by atoms with Crippen LogP contribution < -0.4 is 11.5 Å². The number of carbonyl (C=O) groups is 2. The Morgan fingerprint density at radius 3 is 1.19 bits per heavy atom. The molecule has 6 heteroatoms. The summed E-state index contributed by atoms with van der Waals surface area (Å²) in [6.45, 7) is 18.9. The van der Waals surface area contributed by atoms with Gasteiger partial charge in [0.2, 0.25) is 11.8 Å². The van der Waals surface area contributed by atoms with Crippen molar-refractivity contribution < 1.29 is 9.59 Å². The van der Waals surface area contributed by atoms with E-state index >= 15 is 0 Å². The summed E-state index contributed by atoms with van der Waals surface area (Å²) in [6, 6.07) is 0. The quantitative estimate of drug-likeness (QED) is 0.266. The van der Waals surface area contributed by atoms with E-state index in [1.165, 1.54) is 77.3 Å². The Morgan fingerprint density at radius 1 is 0.639 bits per heavy atom. The zero-order chi connectivity index (χ0) is 27.2. The largest absolute Gasteiger partial charge is 0.369 e. The summed E-state index contributed by atoms with van der Waals surface area (Å²) in [5.74, 6) is 0.485. The van der Waals surface area contributed by atoms with E-state index < -0.39 is 0 Å². The molecule has 0 aromatic heterocycles. The van der Waals surface area contributed by atoms with E-state index in [0.717, 1.165) is 39.0 Å². The SMILES string of the molecule is CC(C)(C(N)=O)C1CCN(CCCCCCCCCCCN2CCC(C(C)(C)C(N)=O)C2)C1.CCC. The molecule has 2 fully saturated rings.